The Balaban J connectivity index is 3.39. The fourth-order valence-corrected chi connectivity index (χ4v) is 2.96. The number of nitrogens with zero attached hydrogens (tertiary/aromatic N) is 1. The molecule has 8 heteroatoms. The molecule has 1 fully saturated rings. The van der Waals surface area contributed by atoms with E-state index in [-0.39, 0.29) is 12.3 Å². The van der Waals surface area contributed by atoms with E-state index >= 15 is 0 Å². The van der Waals surface area contributed by atoms with Crippen LogP contribution in [-0.2, 0) is 19.1 Å². The van der Waals surface area contributed by atoms with Crippen molar-refractivity contribution < 1.29 is 28.7 Å². The van der Waals surface area contributed by atoms with Gasteiger partial charge in [0.25, 0.3) is 5.91 Å². The summed E-state index contributed by atoms with van der Waals surface area (Å²) in [4.78, 5) is 52.4. The summed E-state index contributed by atoms with van der Waals surface area (Å²) < 4.78 is 10.5. The average molecular weight is 396 g/mol. The van der Waals surface area contributed by atoms with Crippen LogP contribution in [0.1, 0.15) is 61.8 Å². The minimum atomic E-state index is -1.96. The van der Waals surface area contributed by atoms with Crippen LogP contribution in [0, 0.1) is 5.92 Å². The van der Waals surface area contributed by atoms with Gasteiger partial charge in [-0.3, -0.25) is 14.9 Å². The standard InChI is InChI=1S/C20H32N2O6/c1-10-11-20(21-16(25)27-18(4,5)6)14(23)13(12(2)3)22(15(20)24)17(26)28-19(7,8)9/h10,12-13H,1,11H2,2-9H3,(H,21,25)/t13-,20+/m1/s1. The van der Waals surface area contributed by atoms with Gasteiger partial charge in [-0.1, -0.05) is 19.9 Å². The second-order valence-electron chi connectivity index (χ2n) is 9.23. The van der Waals surface area contributed by atoms with E-state index in [1.807, 2.05) is 0 Å². The molecular formula is C20H32N2O6. The molecule has 0 aromatic rings. The van der Waals surface area contributed by atoms with E-state index in [1.54, 1.807) is 55.4 Å². The van der Waals surface area contributed by atoms with E-state index in [0.29, 0.717) is 0 Å². The number of rotatable bonds is 4. The number of carbonyl (C=O) groups excluding carboxylic acids is 4. The summed E-state index contributed by atoms with van der Waals surface area (Å²) >= 11 is 0. The first-order chi connectivity index (χ1) is 12.6. The third-order valence-electron chi connectivity index (χ3n) is 3.94. The molecule has 0 aromatic carbocycles. The Morgan fingerprint density at radius 1 is 1.14 bits per heavy atom. The number of Topliss-reactive ketones (excluding diaryl/α,β-unsaturated/α-hetero) is 1. The van der Waals surface area contributed by atoms with Crippen LogP contribution in [0.5, 0.6) is 0 Å². The number of amides is 3. The summed E-state index contributed by atoms with van der Waals surface area (Å²) in [6.45, 7) is 17.0. The van der Waals surface area contributed by atoms with Crippen molar-refractivity contribution in [3.63, 3.8) is 0 Å². The van der Waals surface area contributed by atoms with Crippen molar-refractivity contribution >= 4 is 23.9 Å². The van der Waals surface area contributed by atoms with Crippen LogP contribution < -0.4 is 5.32 Å². The predicted molar refractivity (Wildman–Crippen MR) is 104 cm³/mol. The Hall–Kier alpha value is -2.38. The molecule has 2 atom stereocenters. The van der Waals surface area contributed by atoms with Crippen LogP contribution in [0.25, 0.3) is 0 Å². The summed E-state index contributed by atoms with van der Waals surface area (Å²) in [5.74, 6) is -1.82. The number of hydrogen-bond donors (Lipinski definition) is 1. The largest absolute Gasteiger partial charge is 0.444 e. The highest BCUT2D eigenvalue weighted by Crippen LogP contribution is 2.34. The maximum Gasteiger partial charge on any atom is 0.417 e. The summed E-state index contributed by atoms with van der Waals surface area (Å²) in [6, 6.07) is -1.07. The fraction of sp³-hybridized carbons (Fsp3) is 0.700. The van der Waals surface area contributed by atoms with Crippen molar-refractivity contribution in [3.8, 4) is 0 Å². The topological polar surface area (TPSA) is 102 Å². The smallest absolute Gasteiger partial charge is 0.417 e. The highest BCUT2D eigenvalue weighted by atomic mass is 16.6. The molecule has 0 unspecified atom stereocenters. The molecule has 0 spiro atoms. The molecule has 1 aliphatic rings. The highest BCUT2D eigenvalue weighted by Gasteiger charge is 2.63. The molecule has 0 bridgehead atoms. The molecule has 1 aliphatic heterocycles. The number of hydrogen-bond acceptors (Lipinski definition) is 6. The Morgan fingerprint density at radius 3 is 2.04 bits per heavy atom. The zero-order valence-corrected chi connectivity index (χ0v) is 18.0. The molecule has 1 rings (SSSR count). The second kappa shape index (κ2) is 7.93. The maximum absolute atomic E-state index is 13.3. The SMILES string of the molecule is C=CC[C@]1(NC(=O)OC(C)(C)C)C(=O)[C@@H](C(C)C)N(C(=O)OC(C)(C)C)C1=O. The lowest BCUT2D eigenvalue weighted by Gasteiger charge is -2.29. The first-order valence-corrected chi connectivity index (χ1v) is 9.29. The van der Waals surface area contributed by atoms with E-state index in [9.17, 15) is 19.2 Å². The van der Waals surface area contributed by atoms with Gasteiger partial charge < -0.3 is 9.47 Å². The van der Waals surface area contributed by atoms with Gasteiger partial charge in [-0.15, -0.1) is 6.58 Å². The molecule has 158 valence electrons. The Labute approximate surface area is 166 Å². The lowest BCUT2D eigenvalue weighted by Crippen LogP contribution is -2.59. The van der Waals surface area contributed by atoms with E-state index in [1.165, 1.54) is 6.08 Å². The quantitative estimate of drug-likeness (QED) is 0.578. The van der Waals surface area contributed by atoms with Crippen LogP contribution in [-0.4, -0.2) is 51.6 Å². The van der Waals surface area contributed by atoms with Gasteiger partial charge in [0, 0.05) is 6.42 Å². The lowest BCUT2D eigenvalue weighted by molar-refractivity contribution is -0.134. The zero-order valence-electron chi connectivity index (χ0n) is 18.0. The van der Waals surface area contributed by atoms with E-state index in [0.717, 1.165) is 4.90 Å². The minimum Gasteiger partial charge on any atom is -0.444 e. The summed E-state index contributed by atoms with van der Waals surface area (Å²) in [6.07, 6.45) is -0.679. The van der Waals surface area contributed by atoms with Gasteiger partial charge in [0.2, 0.25) is 0 Å². The second-order valence-corrected chi connectivity index (χ2v) is 9.23. The molecule has 8 nitrogen and oxygen atoms in total. The van der Waals surface area contributed by atoms with Crippen LogP contribution in [0.2, 0.25) is 0 Å². The van der Waals surface area contributed by atoms with Crippen molar-refractivity contribution in [3.05, 3.63) is 12.7 Å². The molecular weight excluding hydrogens is 364 g/mol. The Bertz CT molecular complexity index is 671. The van der Waals surface area contributed by atoms with Gasteiger partial charge in [0.15, 0.2) is 11.3 Å². The number of imide groups is 1. The van der Waals surface area contributed by atoms with Gasteiger partial charge in [0.1, 0.15) is 17.2 Å². The van der Waals surface area contributed by atoms with Crippen molar-refractivity contribution in [2.24, 2.45) is 5.92 Å². The van der Waals surface area contributed by atoms with Crippen molar-refractivity contribution in [1.29, 1.82) is 0 Å². The number of ketones is 1. The van der Waals surface area contributed by atoms with Crippen molar-refractivity contribution in [2.45, 2.75) is 84.6 Å². The third kappa shape index (κ3) is 5.11. The number of carbonyl (C=O) groups is 4. The van der Waals surface area contributed by atoms with E-state index in [4.69, 9.17) is 9.47 Å². The van der Waals surface area contributed by atoms with Crippen molar-refractivity contribution in [1.82, 2.24) is 10.2 Å². The highest BCUT2D eigenvalue weighted by molar-refractivity contribution is 6.24. The first-order valence-electron chi connectivity index (χ1n) is 9.29. The lowest BCUT2D eigenvalue weighted by atomic mass is 9.87. The monoisotopic (exact) mass is 396 g/mol. The molecule has 1 N–H and O–H groups in total. The minimum absolute atomic E-state index is 0.174. The first kappa shape index (κ1) is 23.7. The van der Waals surface area contributed by atoms with Crippen LogP contribution in [0.15, 0.2) is 12.7 Å². The fourth-order valence-electron chi connectivity index (χ4n) is 2.96. The molecule has 0 radical (unpaired) electrons. The van der Waals surface area contributed by atoms with Gasteiger partial charge in [-0.25, -0.2) is 14.5 Å². The molecule has 0 saturated carbocycles. The normalized spacial score (nSPS) is 23.0. The molecule has 1 heterocycles. The predicted octanol–water partition coefficient (Wildman–Crippen LogP) is 3.20. The average Bonchev–Trinajstić information content (AvgIpc) is 2.66. The van der Waals surface area contributed by atoms with Gasteiger partial charge >= 0.3 is 12.2 Å². The molecule has 0 aromatic heterocycles. The molecule has 28 heavy (non-hydrogen) atoms. The van der Waals surface area contributed by atoms with E-state index in [2.05, 4.69) is 11.9 Å². The summed E-state index contributed by atoms with van der Waals surface area (Å²) in [5.41, 5.74) is -3.65. The molecule has 1 saturated heterocycles. The number of ether oxygens (including phenoxy) is 2. The van der Waals surface area contributed by atoms with Gasteiger partial charge in [-0.05, 0) is 47.5 Å². The van der Waals surface area contributed by atoms with Crippen LogP contribution >= 0.6 is 0 Å². The van der Waals surface area contributed by atoms with Crippen LogP contribution in [0.4, 0.5) is 9.59 Å². The van der Waals surface area contributed by atoms with Gasteiger partial charge in [0.05, 0.1) is 0 Å². The number of likely N-dealkylation sites (tertiary alicyclic amines) is 1. The van der Waals surface area contributed by atoms with E-state index < -0.39 is 46.7 Å². The van der Waals surface area contributed by atoms with Crippen LogP contribution in [0.3, 0.4) is 0 Å². The Morgan fingerprint density at radius 2 is 1.64 bits per heavy atom. The molecule has 3 amide bonds. The maximum atomic E-state index is 13.3. The third-order valence-corrected chi connectivity index (χ3v) is 3.94. The summed E-state index contributed by atoms with van der Waals surface area (Å²) in [7, 11) is 0. The zero-order chi connectivity index (χ0) is 22.1. The van der Waals surface area contributed by atoms with Crippen molar-refractivity contribution in [2.75, 3.05) is 0 Å². The Kier molecular flexibility index (Phi) is 6.70. The number of nitrogens with one attached hydrogen (secondary N) is 1. The number of alkyl carbamates (subject to hydrolysis) is 1. The summed E-state index contributed by atoms with van der Waals surface area (Å²) in [5, 5.41) is 2.40. The van der Waals surface area contributed by atoms with Gasteiger partial charge in [-0.2, -0.15) is 0 Å². The molecule has 0 aliphatic carbocycles.